The average molecular weight is 617 g/mol. The van der Waals surface area contributed by atoms with E-state index in [-0.39, 0.29) is 24.5 Å². The van der Waals surface area contributed by atoms with Crippen molar-refractivity contribution in [2.45, 2.75) is 105 Å². The van der Waals surface area contributed by atoms with Crippen LogP contribution in [0.15, 0.2) is 42.5 Å². The van der Waals surface area contributed by atoms with Gasteiger partial charge in [0.2, 0.25) is 0 Å². The maximum atomic E-state index is 13.8. The number of amides is 1. The molecular weight excluding hydrogens is 573 g/mol. The minimum atomic E-state index is -4.45. The number of benzene rings is 2. The topological polar surface area (TPSA) is 70.0 Å². The lowest BCUT2D eigenvalue weighted by Gasteiger charge is -2.37. The lowest BCUT2D eigenvalue weighted by atomic mass is 9.96. The summed E-state index contributed by atoms with van der Waals surface area (Å²) in [7, 11) is 0. The van der Waals surface area contributed by atoms with Crippen LogP contribution in [0.2, 0.25) is 0 Å². The summed E-state index contributed by atoms with van der Waals surface area (Å²) >= 11 is 0. The van der Waals surface area contributed by atoms with Crippen molar-refractivity contribution in [3.63, 3.8) is 0 Å². The molecule has 44 heavy (non-hydrogen) atoms. The van der Waals surface area contributed by atoms with Gasteiger partial charge < -0.3 is 18.8 Å². The van der Waals surface area contributed by atoms with Crippen LogP contribution in [-0.4, -0.2) is 39.3 Å². The van der Waals surface area contributed by atoms with Crippen LogP contribution in [0.4, 0.5) is 18.0 Å². The second-order valence-corrected chi connectivity index (χ2v) is 13.8. The third kappa shape index (κ3) is 8.27. The molecule has 0 N–H and O–H groups in total. The summed E-state index contributed by atoms with van der Waals surface area (Å²) in [4.78, 5) is 27.7. The van der Waals surface area contributed by atoms with Crippen molar-refractivity contribution in [3.8, 4) is 5.75 Å². The molecule has 1 aromatic heterocycles. The SMILES string of the molecule is CC(C)Cc1ccc(COc2ccc3c(c2)cc2n3CCN(C(=O)OC(C)(C)C)C2CC(=O)OC(C)(C)C)cc1C(F)(F)F. The molecule has 0 fully saturated rings. The van der Waals surface area contributed by atoms with Crippen molar-refractivity contribution in [1.82, 2.24) is 9.47 Å². The first-order chi connectivity index (χ1) is 20.3. The van der Waals surface area contributed by atoms with Gasteiger partial charge in [-0.3, -0.25) is 9.69 Å². The van der Waals surface area contributed by atoms with E-state index >= 15 is 0 Å². The number of fused-ring (bicyclic) bond motifs is 3. The van der Waals surface area contributed by atoms with E-state index in [2.05, 4.69) is 4.57 Å². The zero-order valence-corrected chi connectivity index (χ0v) is 26.8. The maximum Gasteiger partial charge on any atom is 0.416 e. The zero-order chi connectivity index (χ0) is 32.6. The molecule has 0 saturated heterocycles. The Hall–Kier alpha value is -3.69. The number of halogens is 3. The Morgan fingerprint density at radius 1 is 0.909 bits per heavy atom. The quantitative estimate of drug-likeness (QED) is 0.249. The minimum Gasteiger partial charge on any atom is -0.489 e. The van der Waals surface area contributed by atoms with Gasteiger partial charge in [-0.25, -0.2) is 4.79 Å². The lowest BCUT2D eigenvalue weighted by molar-refractivity contribution is -0.156. The number of carbonyl (C=O) groups is 2. The number of esters is 1. The van der Waals surface area contributed by atoms with Gasteiger partial charge in [-0.15, -0.1) is 0 Å². The summed E-state index contributed by atoms with van der Waals surface area (Å²) in [5, 5.41) is 0.820. The molecule has 0 aliphatic carbocycles. The molecule has 1 aliphatic rings. The fraction of sp³-hybridized carbons (Fsp3) is 0.529. The van der Waals surface area contributed by atoms with Gasteiger partial charge in [0, 0.05) is 29.7 Å². The Bertz CT molecular complexity index is 1510. The molecule has 1 unspecified atom stereocenters. The molecule has 2 aromatic carbocycles. The van der Waals surface area contributed by atoms with Crippen LogP contribution in [0.1, 0.15) is 90.2 Å². The summed E-state index contributed by atoms with van der Waals surface area (Å²) in [6.07, 6.45) is -4.67. The van der Waals surface area contributed by atoms with Gasteiger partial charge >= 0.3 is 18.2 Å². The van der Waals surface area contributed by atoms with Crippen molar-refractivity contribution in [2.24, 2.45) is 5.92 Å². The minimum absolute atomic E-state index is 0.0300. The Balaban J connectivity index is 1.61. The molecule has 1 aliphatic heterocycles. The van der Waals surface area contributed by atoms with E-state index in [4.69, 9.17) is 14.2 Å². The summed E-state index contributed by atoms with van der Waals surface area (Å²) in [6, 6.07) is 11.2. The number of hydrogen-bond donors (Lipinski definition) is 0. The van der Waals surface area contributed by atoms with Crippen LogP contribution in [0.5, 0.6) is 5.75 Å². The fourth-order valence-electron chi connectivity index (χ4n) is 5.47. The van der Waals surface area contributed by atoms with Gasteiger partial charge in [0.05, 0.1) is 18.0 Å². The molecule has 4 rings (SSSR count). The maximum absolute atomic E-state index is 13.8. The van der Waals surface area contributed by atoms with Gasteiger partial charge in [0.25, 0.3) is 0 Å². The predicted molar refractivity (Wildman–Crippen MR) is 162 cm³/mol. The van der Waals surface area contributed by atoms with E-state index in [0.717, 1.165) is 16.6 Å². The highest BCUT2D eigenvalue weighted by atomic mass is 19.4. The Morgan fingerprint density at radius 3 is 2.20 bits per heavy atom. The number of carbonyl (C=O) groups excluding carboxylic acids is 2. The van der Waals surface area contributed by atoms with E-state index < -0.39 is 41.0 Å². The average Bonchev–Trinajstić information content (AvgIpc) is 3.23. The van der Waals surface area contributed by atoms with E-state index in [1.807, 2.05) is 32.0 Å². The Morgan fingerprint density at radius 2 is 1.59 bits per heavy atom. The third-order valence-electron chi connectivity index (χ3n) is 7.11. The van der Waals surface area contributed by atoms with Crippen molar-refractivity contribution in [3.05, 3.63) is 64.8 Å². The highest BCUT2D eigenvalue weighted by Gasteiger charge is 2.37. The largest absolute Gasteiger partial charge is 0.489 e. The summed E-state index contributed by atoms with van der Waals surface area (Å²) in [5.41, 5.74) is 0.327. The molecule has 1 atom stereocenters. The molecule has 10 heteroatoms. The molecule has 0 bridgehead atoms. The van der Waals surface area contributed by atoms with E-state index in [0.29, 0.717) is 30.8 Å². The van der Waals surface area contributed by atoms with Crippen LogP contribution in [0.25, 0.3) is 10.9 Å². The monoisotopic (exact) mass is 616 g/mol. The van der Waals surface area contributed by atoms with Gasteiger partial charge in [0.15, 0.2) is 0 Å². The summed E-state index contributed by atoms with van der Waals surface area (Å²) < 4.78 is 60.6. The van der Waals surface area contributed by atoms with Gasteiger partial charge in [-0.05, 0) is 95.3 Å². The normalized spacial score (nSPS) is 15.8. The van der Waals surface area contributed by atoms with Gasteiger partial charge in [0.1, 0.15) is 23.6 Å². The highest BCUT2D eigenvalue weighted by Crippen LogP contribution is 2.37. The van der Waals surface area contributed by atoms with Crippen LogP contribution in [-0.2, 0) is 40.0 Å². The van der Waals surface area contributed by atoms with E-state index in [9.17, 15) is 22.8 Å². The number of rotatable bonds is 7. The van der Waals surface area contributed by atoms with Crippen LogP contribution in [0, 0.1) is 5.92 Å². The van der Waals surface area contributed by atoms with Crippen LogP contribution in [0.3, 0.4) is 0 Å². The molecule has 7 nitrogen and oxygen atoms in total. The Labute approximate surface area is 257 Å². The molecule has 3 aromatic rings. The van der Waals surface area contributed by atoms with Crippen molar-refractivity contribution in [2.75, 3.05) is 6.54 Å². The predicted octanol–water partition coefficient (Wildman–Crippen LogP) is 8.46. The van der Waals surface area contributed by atoms with Crippen molar-refractivity contribution < 1.29 is 37.0 Å². The number of nitrogens with zero attached hydrogens (tertiary/aromatic N) is 2. The molecule has 0 radical (unpaired) electrons. The zero-order valence-electron chi connectivity index (χ0n) is 26.8. The first-order valence-corrected chi connectivity index (χ1v) is 15.0. The van der Waals surface area contributed by atoms with Crippen molar-refractivity contribution in [1.29, 1.82) is 0 Å². The van der Waals surface area contributed by atoms with E-state index in [1.54, 1.807) is 58.6 Å². The van der Waals surface area contributed by atoms with Crippen molar-refractivity contribution >= 4 is 23.0 Å². The number of hydrogen-bond acceptors (Lipinski definition) is 5. The second kappa shape index (κ2) is 12.4. The van der Waals surface area contributed by atoms with E-state index in [1.165, 1.54) is 12.1 Å². The smallest absolute Gasteiger partial charge is 0.416 e. The molecule has 1 amide bonds. The Kier molecular flexibility index (Phi) is 9.33. The molecular formula is C34H43F3N2O5. The second-order valence-electron chi connectivity index (χ2n) is 13.8. The standard InChI is InChI=1S/C34H43F3N2O5/c1-21(2)15-23-10-9-22(16-26(23)34(35,36)37)20-42-25-11-12-27-24(17-25)18-28-29(19-30(40)43-32(3,4)5)39(14-13-38(27)28)31(41)44-33(6,7)8/h9-12,16-18,21,29H,13-15,19-20H2,1-8H3. The first-order valence-electron chi connectivity index (χ1n) is 15.0. The molecule has 240 valence electrons. The summed E-state index contributed by atoms with van der Waals surface area (Å²) in [5.74, 6) is 0.155. The number of ether oxygens (including phenoxy) is 3. The molecule has 2 heterocycles. The summed E-state index contributed by atoms with van der Waals surface area (Å²) in [6.45, 7) is 15.3. The number of alkyl halides is 3. The van der Waals surface area contributed by atoms with Gasteiger partial charge in [-0.1, -0.05) is 26.0 Å². The van der Waals surface area contributed by atoms with Crippen LogP contribution < -0.4 is 4.74 Å². The third-order valence-corrected chi connectivity index (χ3v) is 7.11. The first kappa shape index (κ1) is 33.2. The lowest BCUT2D eigenvalue weighted by Crippen LogP contribution is -2.45. The highest BCUT2D eigenvalue weighted by molar-refractivity contribution is 5.84. The number of aromatic nitrogens is 1. The van der Waals surface area contributed by atoms with Gasteiger partial charge in [-0.2, -0.15) is 13.2 Å². The van der Waals surface area contributed by atoms with Crippen LogP contribution >= 0.6 is 0 Å². The fourth-order valence-corrected chi connectivity index (χ4v) is 5.47. The molecule has 0 spiro atoms. The molecule has 0 saturated carbocycles.